The van der Waals surface area contributed by atoms with Crippen molar-refractivity contribution in [1.82, 2.24) is 9.29 Å². The molecule has 3 aromatic carbocycles. The molecule has 0 fully saturated rings. The van der Waals surface area contributed by atoms with Crippen LogP contribution < -0.4 is 29.0 Å². The Morgan fingerprint density at radius 1 is 0.900 bits per heavy atom. The highest BCUT2D eigenvalue weighted by molar-refractivity contribution is 7.90. The first-order valence-electron chi connectivity index (χ1n) is 11.6. The lowest BCUT2D eigenvalue weighted by Crippen LogP contribution is -2.31. The third kappa shape index (κ3) is 5.16. The number of non-ortho nitro benzene ring substituents is 1. The van der Waals surface area contributed by atoms with E-state index in [9.17, 15) is 23.3 Å². The number of hydrogen-bond acceptors (Lipinski definition) is 10. The molecule has 14 heteroatoms. The Morgan fingerprint density at radius 3 is 2.05 bits per heavy atom. The summed E-state index contributed by atoms with van der Waals surface area (Å²) in [6, 6.07) is 12.9. The molecule has 0 radical (unpaired) electrons. The Labute approximate surface area is 229 Å². The molecule has 40 heavy (non-hydrogen) atoms. The van der Waals surface area contributed by atoms with Crippen molar-refractivity contribution in [3.63, 3.8) is 0 Å². The number of benzene rings is 3. The van der Waals surface area contributed by atoms with Crippen molar-refractivity contribution >= 4 is 43.9 Å². The summed E-state index contributed by atoms with van der Waals surface area (Å²) in [6.45, 7) is 0. The van der Waals surface area contributed by atoms with Gasteiger partial charge < -0.3 is 28.8 Å². The molecular formula is C26H26N4O9S. The number of amides is 1. The average Bonchev–Trinajstić information content (AvgIpc) is 3.29. The number of nitrogens with one attached hydrogen (secondary N) is 2. The van der Waals surface area contributed by atoms with Gasteiger partial charge in [0.15, 0.2) is 11.5 Å². The summed E-state index contributed by atoms with van der Waals surface area (Å²) in [5.74, 6) is 0.598. The van der Waals surface area contributed by atoms with E-state index >= 15 is 0 Å². The van der Waals surface area contributed by atoms with Crippen LogP contribution in [0, 0.1) is 10.1 Å². The molecule has 1 amide bonds. The van der Waals surface area contributed by atoms with E-state index in [0.29, 0.717) is 39.8 Å². The number of nitrogens with zero attached hydrogens (tertiary/aromatic N) is 2. The van der Waals surface area contributed by atoms with Crippen molar-refractivity contribution in [2.45, 2.75) is 4.90 Å². The SMILES string of the molecule is COc1ccc(S(=O)(=O)NC(=O)c2cc3c(Nc4cc(OC)c(OC)c(OC)c4)ccc([N+](=O)[O-])c3n2C)cc1. The summed E-state index contributed by atoms with van der Waals surface area (Å²) in [6.07, 6.45) is 0. The number of rotatable bonds is 10. The van der Waals surface area contributed by atoms with Gasteiger partial charge in [-0.3, -0.25) is 14.9 Å². The largest absolute Gasteiger partial charge is 0.497 e. The van der Waals surface area contributed by atoms with E-state index in [1.807, 2.05) is 4.72 Å². The summed E-state index contributed by atoms with van der Waals surface area (Å²) in [4.78, 5) is 24.3. The molecule has 0 aliphatic carbocycles. The predicted molar refractivity (Wildman–Crippen MR) is 147 cm³/mol. The first kappa shape index (κ1) is 28.0. The van der Waals surface area contributed by atoms with Crippen LogP contribution in [0.5, 0.6) is 23.0 Å². The number of nitro benzene ring substituents is 1. The molecule has 4 aromatic rings. The molecule has 2 N–H and O–H groups in total. The highest BCUT2D eigenvalue weighted by Crippen LogP contribution is 2.42. The molecule has 0 spiro atoms. The van der Waals surface area contributed by atoms with Crippen LogP contribution in [0.1, 0.15) is 10.5 Å². The van der Waals surface area contributed by atoms with Gasteiger partial charge >= 0.3 is 0 Å². The highest BCUT2D eigenvalue weighted by atomic mass is 32.2. The molecule has 0 aliphatic heterocycles. The van der Waals surface area contributed by atoms with Crippen LogP contribution >= 0.6 is 0 Å². The zero-order valence-electron chi connectivity index (χ0n) is 22.2. The third-order valence-corrected chi connectivity index (χ3v) is 7.49. The zero-order chi connectivity index (χ0) is 29.2. The maximum Gasteiger partial charge on any atom is 0.293 e. The number of hydrogen-bond donors (Lipinski definition) is 2. The van der Waals surface area contributed by atoms with Gasteiger partial charge in [-0.15, -0.1) is 0 Å². The maximum atomic E-state index is 13.2. The normalized spacial score (nSPS) is 11.1. The molecule has 13 nitrogen and oxygen atoms in total. The average molecular weight is 571 g/mol. The van der Waals surface area contributed by atoms with E-state index < -0.39 is 20.9 Å². The predicted octanol–water partition coefficient (Wildman–Crippen LogP) is 3.98. The summed E-state index contributed by atoms with van der Waals surface area (Å²) in [7, 11) is 3.03. The smallest absolute Gasteiger partial charge is 0.293 e. The van der Waals surface area contributed by atoms with Crippen LogP contribution in [0.3, 0.4) is 0 Å². The van der Waals surface area contributed by atoms with Crippen molar-refractivity contribution in [2.24, 2.45) is 7.05 Å². The fourth-order valence-electron chi connectivity index (χ4n) is 4.22. The second-order valence-electron chi connectivity index (χ2n) is 8.39. The minimum atomic E-state index is -4.25. The Morgan fingerprint density at radius 2 is 1.52 bits per heavy atom. The van der Waals surface area contributed by atoms with Gasteiger partial charge in [-0.05, 0) is 36.4 Å². The first-order valence-corrected chi connectivity index (χ1v) is 13.1. The van der Waals surface area contributed by atoms with E-state index in [-0.39, 0.29) is 21.8 Å². The molecule has 0 saturated carbocycles. The molecular weight excluding hydrogens is 544 g/mol. The summed E-state index contributed by atoms with van der Waals surface area (Å²) in [5, 5.41) is 15.3. The van der Waals surface area contributed by atoms with Crippen LogP contribution in [0.4, 0.5) is 17.1 Å². The van der Waals surface area contributed by atoms with E-state index in [2.05, 4.69) is 5.32 Å². The minimum absolute atomic E-state index is 0.106. The van der Waals surface area contributed by atoms with Gasteiger partial charge in [0.05, 0.1) is 38.3 Å². The number of sulfonamides is 1. The second kappa shape index (κ2) is 11.0. The Kier molecular flexibility index (Phi) is 7.72. The maximum absolute atomic E-state index is 13.2. The van der Waals surface area contributed by atoms with Crippen molar-refractivity contribution < 1.29 is 37.1 Å². The highest BCUT2D eigenvalue weighted by Gasteiger charge is 2.26. The zero-order valence-corrected chi connectivity index (χ0v) is 23.0. The minimum Gasteiger partial charge on any atom is -0.497 e. The molecule has 4 rings (SSSR count). The van der Waals surface area contributed by atoms with Crippen LogP contribution in [-0.2, 0) is 17.1 Å². The summed E-state index contributed by atoms with van der Waals surface area (Å²) in [5.41, 5.74) is 0.623. The molecule has 0 bridgehead atoms. The molecule has 1 heterocycles. The van der Waals surface area contributed by atoms with Crippen LogP contribution in [0.15, 0.2) is 59.5 Å². The number of ether oxygens (including phenoxy) is 4. The quantitative estimate of drug-likeness (QED) is 0.211. The number of aromatic nitrogens is 1. The first-order chi connectivity index (χ1) is 19.0. The lowest BCUT2D eigenvalue weighted by molar-refractivity contribution is -0.383. The summed E-state index contributed by atoms with van der Waals surface area (Å²) >= 11 is 0. The lowest BCUT2D eigenvalue weighted by Gasteiger charge is -2.15. The van der Waals surface area contributed by atoms with Crippen molar-refractivity contribution in [3.05, 3.63) is 70.4 Å². The molecule has 0 atom stereocenters. The monoisotopic (exact) mass is 570 g/mol. The number of nitro groups is 1. The van der Waals surface area contributed by atoms with Gasteiger partial charge in [-0.1, -0.05) is 0 Å². The van der Waals surface area contributed by atoms with Crippen LogP contribution in [0.25, 0.3) is 10.9 Å². The third-order valence-electron chi connectivity index (χ3n) is 6.14. The topological polar surface area (TPSA) is 160 Å². The molecule has 0 aliphatic rings. The van der Waals surface area contributed by atoms with E-state index in [1.165, 1.54) is 82.5 Å². The van der Waals surface area contributed by atoms with Gasteiger partial charge in [0, 0.05) is 42.0 Å². The van der Waals surface area contributed by atoms with E-state index in [0.717, 1.165) is 0 Å². The Hall–Kier alpha value is -4.98. The number of fused-ring (bicyclic) bond motifs is 1. The van der Waals surface area contributed by atoms with Crippen molar-refractivity contribution in [1.29, 1.82) is 0 Å². The van der Waals surface area contributed by atoms with Crippen molar-refractivity contribution in [2.75, 3.05) is 33.8 Å². The van der Waals surface area contributed by atoms with Crippen LogP contribution in [0.2, 0.25) is 0 Å². The Bertz CT molecular complexity index is 1690. The standard InChI is InChI=1S/C26H26N4O9S/c1-29-21(26(31)28-40(34,35)17-8-6-16(36-2)7-9-17)14-18-19(10-11-20(24(18)29)30(32)33)27-15-12-22(37-3)25(39-5)23(13-15)38-4/h6-14,27H,1-5H3,(H,28,31). The molecule has 210 valence electrons. The fraction of sp³-hybridized carbons (Fsp3) is 0.192. The van der Waals surface area contributed by atoms with Gasteiger partial charge in [0.1, 0.15) is 17.0 Å². The van der Waals surface area contributed by atoms with Gasteiger partial charge in [-0.25, -0.2) is 13.1 Å². The van der Waals surface area contributed by atoms with Gasteiger partial charge in [0.2, 0.25) is 5.75 Å². The van der Waals surface area contributed by atoms with Crippen LogP contribution in [-0.4, -0.2) is 52.3 Å². The fourth-order valence-corrected chi connectivity index (χ4v) is 5.18. The van der Waals surface area contributed by atoms with Gasteiger partial charge in [-0.2, -0.15) is 0 Å². The van der Waals surface area contributed by atoms with Crippen molar-refractivity contribution in [3.8, 4) is 23.0 Å². The number of aryl methyl sites for hydroxylation is 1. The lowest BCUT2D eigenvalue weighted by atomic mass is 10.1. The summed E-state index contributed by atoms with van der Waals surface area (Å²) < 4.78 is 50.2. The van der Waals surface area contributed by atoms with E-state index in [1.54, 1.807) is 12.1 Å². The Balaban J connectivity index is 1.78. The number of anilines is 2. The second-order valence-corrected chi connectivity index (χ2v) is 10.1. The van der Waals surface area contributed by atoms with Gasteiger partial charge in [0.25, 0.3) is 21.6 Å². The molecule has 1 aromatic heterocycles. The number of carbonyl (C=O) groups is 1. The molecule has 0 saturated heterocycles. The van der Waals surface area contributed by atoms with E-state index in [4.69, 9.17) is 18.9 Å². The number of methoxy groups -OCH3 is 4. The number of carbonyl (C=O) groups excluding carboxylic acids is 1. The molecule has 0 unspecified atom stereocenters.